The van der Waals surface area contributed by atoms with Gasteiger partial charge < -0.3 is 5.73 Å². The van der Waals surface area contributed by atoms with Crippen molar-refractivity contribution in [3.63, 3.8) is 0 Å². The summed E-state index contributed by atoms with van der Waals surface area (Å²) in [6, 6.07) is 0. The Labute approximate surface area is 47.6 Å². The molecule has 0 saturated carbocycles. The van der Waals surface area contributed by atoms with Crippen molar-refractivity contribution in [1.29, 1.82) is 0 Å². The third kappa shape index (κ3) is 3.39. The van der Waals surface area contributed by atoms with E-state index in [4.69, 9.17) is 5.73 Å². The number of rotatable bonds is 2. The molecule has 2 N–H and O–H groups in total. The van der Waals surface area contributed by atoms with E-state index in [2.05, 4.69) is 11.1 Å². The van der Waals surface area contributed by atoms with Crippen LogP contribution in [0.5, 0.6) is 0 Å². The maximum Gasteiger partial charge on any atom is 0.0204 e. The summed E-state index contributed by atoms with van der Waals surface area (Å²) in [5.41, 5.74) is 5.09. The van der Waals surface area contributed by atoms with Crippen LogP contribution in [0.2, 0.25) is 0 Å². The summed E-state index contributed by atoms with van der Waals surface area (Å²) in [6.45, 7) is 5.14. The number of nitrogens with zero attached hydrogens (tertiary/aromatic N) is 1. The molecule has 0 saturated heterocycles. The molecule has 40 valence electrons. The van der Waals surface area contributed by atoms with Gasteiger partial charge >= 0.3 is 0 Å². The standard InChI is InChI=1S/C4H8N2S/c1-4(3-5)7-6-2/h3H,2,5H2,1H3/b4-3-. The Balaban J connectivity index is 3.36. The highest BCUT2D eigenvalue weighted by Gasteiger charge is 1.79. The van der Waals surface area contributed by atoms with Crippen molar-refractivity contribution in [2.75, 3.05) is 0 Å². The van der Waals surface area contributed by atoms with E-state index in [0.717, 1.165) is 4.91 Å². The lowest BCUT2D eigenvalue weighted by Gasteiger charge is -1.85. The van der Waals surface area contributed by atoms with Gasteiger partial charge in [-0.2, -0.15) is 0 Å². The summed E-state index contributed by atoms with van der Waals surface area (Å²) >= 11 is 1.28. The molecule has 0 aromatic carbocycles. The molecule has 0 aliphatic carbocycles. The molecule has 0 heterocycles. The Morgan fingerprint density at radius 2 is 2.57 bits per heavy atom. The maximum absolute atomic E-state index is 5.09. The van der Waals surface area contributed by atoms with Crippen LogP contribution in [0.4, 0.5) is 0 Å². The minimum atomic E-state index is 0.968. The molecule has 0 amide bonds. The van der Waals surface area contributed by atoms with Gasteiger partial charge in [0.15, 0.2) is 0 Å². The molecule has 0 aliphatic rings. The fourth-order valence-corrected chi connectivity index (χ4v) is 0.397. The fourth-order valence-electron chi connectivity index (χ4n) is 0.132. The minimum absolute atomic E-state index is 0.968. The first kappa shape index (κ1) is 6.56. The molecular formula is C4H8N2S. The molecule has 3 heteroatoms. The summed E-state index contributed by atoms with van der Waals surface area (Å²) in [5, 5.41) is 0. The number of hydrogen-bond donors (Lipinski definition) is 1. The van der Waals surface area contributed by atoms with Crippen molar-refractivity contribution in [3.8, 4) is 0 Å². The van der Waals surface area contributed by atoms with E-state index < -0.39 is 0 Å². The zero-order valence-corrected chi connectivity index (χ0v) is 5.03. The zero-order valence-electron chi connectivity index (χ0n) is 4.22. The summed E-state index contributed by atoms with van der Waals surface area (Å²) in [5.74, 6) is 0. The van der Waals surface area contributed by atoms with Crippen LogP contribution in [0, 0.1) is 0 Å². The fraction of sp³-hybridized carbons (Fsp3) is 0.250. The monoisotopic (exact) mass is 116 g/mol. The molecule has 7 heavy (non-hydrogen) atoms. The van der Waals surface area contributed by atoms with Crippen molar-refractivity contribution in [3.05, 3.63) is 11.1 Å². The third-order valence-corrected chi connectivity index (χ3v) is 0.996. The average Bonchev–Trinajstić information content (AvgIpc) is 1.68. The summed E-state index contributed by atoms with van der Waals surface area (Å²) < 4.78 is 3.52. The molecule has 0 fully saturated rings. The Morgan fingerprint density at radius 1 is 2.00 bits per heavy atom. The molecular weight excluding hydrogens is 108 g/mol. The molecule has 0 aromatic heterocycles. The van der Waals surface area contributed by atoms with Gasteiger partial charge in [-0.15, -0.1) is 0 Å². The molecule has 0 unspecified atom stereocenters. The SMILES string of the molecule is C=NS/C(C)=C\N. The second-order valence-electron chi connectivity index (χ2n) is 0.998. The van der Waals surface area contributed by atoms with Gasteiger partial charge in [-0.1, -0.05) is 0 Å². The molecule has 0 bridgehead atoms. The van der Waals surface area contributed by atoms with Crippen LogP contribution in [0.1, 0.15) is 6.92 Å². The van der Waals surface area contributed by atoms with Gasteiger partial charge in [-0.25, -0.2) is 4.40 Å². The van der Waals surface area contributed by atoms with Gasteiger partial charge in [0.2, 0.25) is 0 Å². The first-order valence-electron chi connectivity index (χ1n) is 1.82. The van der Waals surface area contributed by atoms with Crippen molar-refractivity contribution in [1.82, 2.24) is 0 Å². The Morgan fingerprint density at radius 3 is 2.71 bits per heavy atom. The summed E-state index contributed by atoms with van der Waals surface area (Å²) in [6.07, 6.45) is 1.50. The second kappa shape index (κ2) is 3.74. The average molecular weight is 116 g/mol. The van der Waals surface area contributed by atoms with Crippen molar-refractivity contribution >= 4 is 18.7 Å². The van der Waals surface area contributed by atoms with Crippen LogP contribution in [-0.4, -0.2) is 6.72 Å². The van der Waals surface area contributed by atoms with E-state index in [-0.39, 0.29) is 0 Å². The van der Waals surface area contributed by atoms with Gasteiger partial charge in [-0.05, 0) is 13.6 Å². The number of allylic oxidation sites excluding steroid dienone is 1. The maximum atomic E-state index is 5.09. The molecule has 2 nitrogen and oxygen atoms in total. The molecule has 0 rings (SSSR count). The van der Waals surface area contributed by atoms with E-state index in [9.17, 15) is 0 Å². The van der Waals surface area contributed by atoms with Crippen LogP contribution < -0.4 is 5.73 Å². The van der Waals surface area contributed by atoms with E-state index in [1.807, 2.05) is 6.92 Å². The van der Waals surface area contributed by atoms with E-state index in [1.165, 1.54) is 18.1 Å². The predicted octanol–water partition coefficient (Wildman–Crippen LogP) is 1.16. The number of nitrogens with two attached hydrogens (primary N) is 1. The highest BCUT2D eigenvalue weighted by Crippen LogP contribution is 2.11. The highest BCUT2D eigenvalue weighted by atomic mass is 32.2. The van der Waals surface area contributed by atoms with Crippen molar-refractivity contribution in [2.45, 2.75) is 6.92 Å². The molecule has 0 radical (unpaired) electrons. The minimum Gasteiger partial charge on any atom is -0.404 e. The van der Waals surface area contributed by atoms with Gasteiger partial charge in [0.05, 0.1) is 0 Å². The van der Waals surface area contributed by atoms with E-state index >= 15 is 0 Å². The predicted molar refractivity (Wildman–Crippen MR) is 35.1 cm³/mol. The summed E-state index contributed by atoms with van der Waals surface area (Å²) in [7, 11) is 0. The van der Waals surface area contributed by atoms with Gasteiger partial charge in [0.1, 0.15) is 0 Å². The van der Waals surface area contributed by atoms with E-state index in [1.54, 1.807) is 0 Å². The third-order valence-electron chi connectivity index (χ3n) is 0.443. The Kier molecular flexibility index (Phi) is 3.50. The van der Waals surface area contributed by atoms with Crippen LogP contribution in [0.3, 0.4) is 0 Å². The quantitative estimate of drug-likeness (QED) is 0.434. The normalized spacial score (nSPS) is 11.3. The van der Waals surface area contributed by atoms with Crippen LogP contribution in [0.15, 0.2) is 15.5 Å². The number of hydrogen-bond acceptors (Lipinski definition) is 3. The first-order chi connectivity index (χ1) is 3.31. The lowest BCUT2D eigenvalue weighted by molar-refractivity contribution is 1.52. The van der Waals surface area contributed by atoms with Crippen LogP contribution in [0.25, 0.3) is 0 Å². The highest BCUT2D eigenvalue weighted by molar-refractivity contribution is 8.01. The van der Waals surface area contributed by atoms with Gasteiger partial charge in [0, 0.05) is 23.1 Å². The molecule has 0 atom stereocenters. The summed E-state index contributed by atoms with van der Waals surface area (Å²) in [4.78, 5) is 0.968. The van der Waals surface area contributed by atoms with Gasteiger partial charge in [-0.3, -0.25) is 0 Å². The molecule has 0 aromatic rings. The zero-order chi connectivity index (χ0) is 5.70. The Hall–Kier alpha value is -0.440. The smallest absolute Gasteiger partial charge is 0.0204 e. The molecule has 0 aliphatic heterocycles. The van der Waals surface area contributed by atoms with E-state index in [0.29, 0.717) is 0 Å². The lowest BCUT2D eigenvalue weighted by Crippen LogP contribution is -1.77. The van der Waals surface area contributed by atoms with Gasteiger partial charge in [0.25, 0.3) is 0 Å². The lowest BCUT2D eigenvalue weighted by atomic mass is 10.7. The Bertz CT molecular complexity index is 87.7. The van der Waals surface area contributed by atoms with Crippen LogP contribution in [-0.2, 0) is 0 Å². The second-order valence-corrected chi connectivity index (χ2v) is 2.08. The topological polar surface area (TPSA) is 38.4 Å². The van der Waals surface area contributed by atoms with Crippen molar-refractivity contribution < 1.29 is 0 Å². The largest absolute Gasteiger partial charge is 0.404 e. The molecule has 0 spiro atoms. The van der Waals surface area contributed by atoms with Crippen LogP contribution >= 0.6 is 11.9 Å². The first-order valence-corrected chi connectivity index (χ1v) is 2.60. The van der Waals surface area contributed by atoms with Crippen molar-refractivity contribution in [2.24, 2.45) is 10.1 Å².